The van der Waals surface area contributed by atoms with Crippen molar-refractivity contribution in [1.29, 1.82) is 0 Å². The quantitative estimate of drug-likeness (QED) is 0.766. The maximum Gasteiger partial charge on any atom is 0.257 e. The molecule has 1 aromatic heterocycles. The third-order valence-corrected chi connectivity index (χ3v) is 6.06. The van der Waals surface area contributed by atoms with Gasteiger partial charge in [-0.05, 0) is 25.6 Å². The van der Waals surface area contributed by atoms with Crippen molar-refractivity contribution in [3.63, 3.8) is 0 Å². The third-order valence-electron chi connectivity index (χ3n) is 6.06. The van der Waals surface area contributed by atoms with Crippen molar-refractivity contribution in [2.75, 3.05) is 68.7 Å². The number of para-hydroxylation sites is 1. The molecule has 0 spiro atoms. The Morgan fingerprint density at radius 2 is 1.67 bits per heavy atom. The van der Waals surface area contributed by atoms with Gasteiger partial charge in [-0.1, -0.05) is 19.1 Å². The molecule has 3 heterocycles. The second kappa shape index (κ2) is 8.95. The largest absolute Gasteiger partial charge is 0.366 e. The zero-order valence-corrected chi connectivity index (χ0v) is 17.7. The molecule has 1 aromatic carbocycles. The Labute approximate surface area is 177 Å². The number of rotatable bonds is 4. The van der Waals surface area contributed by atoms with Gasteiger partial charge in [-0.2, -0.15) is 0 Å². The summed E-state index contributed by atoms with van der Waals surface area (Å²) in [6, 6.07) is 6.77. The molecule has 0 radical (unpaired) electrons. The molecule has 4 rings (SSSR count). The molecular formula is C22H29FN6O. The molecule has 8 heteroatoms. The first-order chi connectivity index (χ1) is 14.6. The molecule has 2 aliphatic heterocycles. The normalized spacial score (nSPS) is 18.0. The van der Waals surface area contributed by atoms with Gasteiger partial charge in [0.1, 0.15) is 5.82 Å². The first-order valence-corrected chi connectivity index (χ1v) is 10.7. The summed E-state index contributed by atoms with van der Waals surface area (Å²) in [4.78, 5) is 30.5. The highest BCUT2D eigenvalue weighted by atomic mass is 19.1. The van der Waals surface area contributed by atoms with Gasteiger partial charge in [0, 0.05) is 58.6 Å². The number of likely N-dealkylation sites (N-methyl/N-ethyl adjacent to an activating group) is 1. The molecule has 0 atom stereocenters. The fourth-order valence-electron chi connectivity index (χ4n) is 4.11. The first-order valence-electron chi connectivity index (χ1n) is 10.7. The molecule has 0 aliphatic carbocycles. The number of amides is 1. The van der Waals surface area contributed by atoms with Crippen LogP contribution in [0.5, 0.6) is 0 Å². The van der Waals surface area contributed by atoms with Gasteiger partial charge in [-0.3, -0.25) is 4.79 Å². The molecule has 0 unspecified atom stereocenters. The summed E-state index contributed by atoms with van der Waals surface area (Å²) in [7, 11) is 0. The fraction of sp³-hybridized carbons (Fsp3) is 0.500. The van der Waals surface area contributed by atoms with Crippen molar-refractivity contribution >= 4 is 17.5 Å². The number of carbonyl (C=O) groups excluding carboxylic acids is 1. The number of hydrogen-bond acceptors (Lipinski definition) is 6. The van der Waals surface area contributed by atoms with E-state index in [-0.39, 0.29) is 11.7 Å². The zero-order valence-electron chi connectivity index (χ0n) is 17.7. The number of piperazine rings is 2. The highest BCUT2D eigenvalue weighted by Gasteiger charge is 2.26. The van der Waals surface area contributed by atoms with E-state index in [1.807, 2.05) is 22.8 Å². The van der Waals surface area contributed by atoms with E-state index in [1.165, 1.54) is 6.07 Å². The minimum absolute atomic E-state index is 0.0527. The predicted molar refractivity (Wildman–Crippen MR) is 116 cm³/mol. The summed E-state index contributed by atoms with van der Waals surface area (Å²) in [6.45, 7) is 11.2. The molecule has 2 saturated heterocycles. The summed E-state index contributed by atoms with van der Waals surface area (Å²) < 4.78 is 14.0. The molecule has 2 aliphatic rings. The van der Waals surface area contributed by atoms with Crippen LogP contribution in [-0.2, 0) is 0 Å². The van der Waals surface area contributed by atoms with E-state index in [1.54, 1.807) is 18.3 Å². The van der Waals surface area contributed by atoms with Crippen LogP contribution in [0.3, 0.4) is 0 Å². The van der Waals surface area contributed by atoms with Gasteiger partial charge in [-0.25, -0.2) is 14.4 Å². The summed E-state index contributed by atoms with van der Waals surface area (Å²) in [5.74, 6) is 0.420. The van der Waals surface area contributed by atoms with Crippen LogP contribution < -0.4 is 9.80 Å². The van der Waals surface area contributed by atoms with E-state index in [0.717, 1.165) is 32.7 Å². The number of hydrogen-bond donors (Lipinski definition) is 0. The average molecular weight is 413 g/mol. The number of nitrogens with zero attached hydrogens (tertiary/aromatic N) is 6. The molecule has 0 bridgehead atoms. The molecule has 7 nitrogen and oxygen atoms in total. The molecular weight excluding hydrogens is 383 g/mol. The fourth-order valence-corrected chi connectivity index (χ4v) is 4.11. The minimum atomic E-state index is -0.225. The predicted octanol–water partition coefficient (Wildman–Crippen LogP) is 2.03. The standard InChI is InChI=1S/C22H29FN6O/c1-3-26-8-10-29(11-9-26)22-24-16-18(17(2)25-22)21(30)28-14-12-27(13-15-28)20-7-5-4-6-19(20)23/h4-7,16H,3,8-15H2,1-2H3. The number of benzene rings is 1. The minimum Gasteiger partial charge on any atom is -0.366 e. The third kappa shape index (κ3) is 4.23. The molecule has 2 fully saturated rings. The lowest BCUT2D eigenvalue weighted by Gasteiger charge is -2.36. The van der Waals surface area contributed by atoms with Crippen molar-refractivity contribution in [2.45, 2.75) is 13.8 Å². The lowest BCUT2D eigenvalue weighted by Crippen LogP contribution is -2.49. The summed E-state index contributed by atoms with van der Waals surface area (Å²) in [6.07, 6.45) is 1.66. The SMILES string of the molecule is CCN1CCN(c2ncc(C(=O)N3CCN(c4ccccc4F)CC3)c(C)n2)CC1. The Kier molecular flexibility index (Phi) is 6.13. The Bertz CT molecular complexity index is 891. The van der Waals surface area contributed by atoms with E-state index in [9.17, 15) is 9.18 Å². The summed E-state index contributed by atoms with van der Waals surface area (Å²) >= 11 is 0. The second-order valence-electron chi connectivity index (χ2n) is 7.82. The Morgan fingerprint density at radius 3 is 2.30 bits per heavy atom. The molecule has 160 valence electrons. The molecule has 0 saturated carbocycles. The van der Waals surface area contributed by atoms with Gasteiger partial charge in [0.15, 0.2) is 0 Å². The van der Waals surface area contributed by atoms with E-state index in [2.05, 4.69) is 26.7 Å². The van der Waals surface area contributed by atoms with Crippen LogP contribution in [0.4, 0.5) is 16.0 Å². The van der Waals surface area contributed by atoms with Crippen LogP contribution in [-0.4, -0.2) is 84.6 Å². The van der Waals surface area contributed by atoms with Gasteiger partial charge in [0.25, 0.3) is 5.91 Å². The summed E-state index contributed by atoms with van der Waals surface area (Å²) in [5.41, 5.74) is 1.85. The summed E-state index contributed by atoms with van der Waals surface area (Å²) in [5, 5.41) is 0. The van der Waals surface area contributed by atoms with Crippen LogP contribution in [0.2, 0.25) is 0 Å². The van der Waals surface area contributed by atoms with Crippen LogP contribution in [0.1, 0.15) is 23.0 Å². The molecule has 0 N–H and O–H groups in total. The molecule has 2 aromatic rings. The van der Waals surface area contributed by atoms with Gasteiger partial charge in [-0.15, -0.1) is 0 Å². The first kappa shape index (κ1) is 20.5. The number of aryl methyl sites for hydroxylation is 1. The maximum atomic E-state index is 14.0. The topological polar surface area (TPSA) is 55.8 Å². The molecule has 1 amide bonds. The van der Waals surface area contributed by atoms with Crippen LogP contribution in [0.15, 0.2) is 30.5 Å². The van der Waals surface area contributed by atoms with Crippen molar-refractivity contribution in [3.8, 4) is 0 Å². The van der Waals surface area contributed by atoms with Crippen LogP contribution in [0.25, 0.3) is 0 Å². The van der Waals surface area contributed by atoms with Crippen LogP contribution >= 0.6 is 0 Å². The second-order valence-corrected chi connectivity index (χ2v) is 7.82. The van der Waals surface area contributed by atoms with E-state index >= 15 is 0 Å². The number of carbonyl (C=O) groups is 1. The van der Waals surface area contributed by atoms with Gasteiger partial charge < -0.3 is 19.6 Å². The monoisotopic (exact) mass is 412 g/mol. The average Bonchev–Trinajstić information content (AvgIpc) is 2.79. The van der Waals surface area contributed by atoms with Crippen molar-refractivity contribution in [1.82, 2.24) is 19.8 Å². The van der Waals surface area contributed by atoms with Gasteiger partial charge >= 0.3 is 0 Å². The maximum absolute atomic E-state index is 14.0. The van der Waals surface area contributed by atoms with Gasteiger partial charge in [0.2, 0.25) is 5.95 Å². The lowest BCUT2D eigenvalue weighted by atomic mass is 10.2. The van der Waals surface area contributed by atoms with Crippen molar-refractivity contribution in [2.24, 2.45) is 0 Å². The lowest BCUT2D eigenvalue weighted by molar-refractivity contribution is 0.0745. The number of halogens is 1. The number of anilines is 2. The highest BCUT2D eigenvalue weighted by molar-refractivity contribution is 5.95. The number of aromatic nitrogens is 2. The Balaban J connectivity index is 1.39. The van der Waals surface area contributed by atoms with Crippen LogP contribution in [0, 0.1) is 12.7 Å². The van der Waals surface area contributed by atoms with Gasteiger partial charge in [0.05, 0.1) is 16.9 Å². The van der Waals surface area contributed by atoms with Crippen molar-refractivity contribution < 1.29 is 9.18 Å². The van der Waals surface area contributed by atoms with E-state index in [4.69, 9.17) is 0 Å². The Hall–Kier alpha value is -2.74. The van der Waals surface area contributed by atoms with E-state index in [0.29, 0.717) is 49.1 Å². The molecule has 30 heavy (non-hydrogen) atoms. The van der Waals surface area contributed by atoms with E-state index < -0.39 is 0 Å². The Morgan fingerprint density at radius 1 is 1.00 bits per heavy atom. The smallest absolute Gasteiger partial charge is 0.257 e. The zero-order chi connectivity index (χ0) is 21.1. The highest BCUT2D eigenvalue weighted by Crippen LogP contribution is 2.21. The van der Waals surface area contributed by atoms with Crippen molar-refractivity contribution in [3.05, 3.63) is 47.5 Å².